The van der Waals surface area contributed by atoms with Gasteiger partial charge in [0.15, 0.2) is 0 Å². The van der Waals surface area contributed by atoms with Crippen LogP contribution in [0, 0.1) is 11.8 Å². The van der Waals surface area contributed by atoms with Gasteiger partial charge in [-0.2, -0.15) is 4.31 Å². The first-order valence-electron chi connectivity index (χ1n) is 10.0. The van der Waals surface area contributed by atoms with E-state index < -0.39 is 10.0 Å². The number of hydrogen-bond acceptors (Lipinski definition) is 4. The molecule has 1 aromatic rings. The Morgan fingerprint density at radius 2 is 1.93 bits per heavy atom. The van der Waals surface area contributed by atoms with Crippen LogP contribution in [0.2, 0.25) is 5.02 Å². The molecule has 0 unspecified atom stereocenters. The van der Waals surface area contributed by atoms with Crippen LogP contribution in [0.25, 0.3) is 0 Å². The van der Waals surface area contributed by atoms with Crippen molar-refractivity contribution in [2.45, 2.75) is 44.4 Å². The SMILES string of the molecule is CCOc1ccc(Cl)cc1S(=O)(=O)N1CCC[C@H](C(=O)N2CCC(C)CC2)C1. The quantitative estimate of drug-likeness (QED) is 0.720. The minimum Gasteiger partial charge on any atom is -0.492 e. The number of carbonyl (C=O) groups is 1. The summed E-state index contributed by atoms with van der Waals surface area (Å²) in [7, 11) is -3.79. The van der Waals surface area contributed by atoms with E-state index in [4.69, 9.17) is 16.3 Å². The van der Waals surface area contributed by atoms with Gasteiger partial charge in [-0.1, -0.05) is 18.5 Å². The highest BCUT2D eigenvalue weighted by Gasteiger charge is 2.37. The molecule has 2 aliphatic rings. The third kappa shape index (κ3) is 4.63. The van der Waals surface area contributed by atoms with Crippen molar-refractivity contribution in [2.75, 3.05) is 32.8 Å². The highest BCUT2D eigenvalue weighted by molar-refractivity contribution is 7.89. The maximum absolute atomic E-state index is 13.3. The summed E-state index contributed by atoms with van der Waals surface area (Å²) < 4.78 is 33.5. The topological polar surface area (TPSA) is 66.9 Å². The number of sulfonamides is 1. The maximum Gasteiger partial charge on any atom is 0.246 e. The lowest BCUT2D eigenvalue weighted by atomic mass is 9.94. The number of halogens is 1. The first-order chi connectivity index (χ1) is 13.3. The van der Waals surface area contributed by atoms with Gasteiger partial charge in [0.25, 0.3) is 0 Å². The minimum atomic E-state index is -3.79. The number of ether oxygens (including phenoxy) is 1. The zero-order chi connectivity index (χ0) is 20.3. The van der Waals surface area contributed by atoms with Gasteiger partial charge in [0.2, 0.25) is 15.9 Å². The van der Waals surface area contributed by atoms with Crippen molar-refractivity contribution >= 4 is 27.5 Å². The van der Waals surface area contributed by atoms with E-state index in [9.17, 15) is 13.2 Å². The van der Waals surface area contributed by atoms with Crippen molar-refractivity contribution in [2.24, 2.45) is 11.8 Å². The lowest BCUT2D eigenvalue weighted by molar-refractivity contribution is -0.138. The van der Waals surface area contributed by atoms with Crippen LogP contribution in [-0.4, -0.2) is 56.3 Å². The Morgan fingerprint density at radius 3 is 2.61 bits per heavy atom. The van der Waals surface area contributed by atoms with Gasteiger partial charge in [0, 0.05) is 31.2 Å². The van der Waals surface area contributed by atoms with Crippen LogP contribution < -0.4 is 4.74 Å². The summed E-state index contributed by atoms with van der Waals surface area (Å²) in [4.78, 5) is 14.9. The van der Waals surface area contributed by atoms with E-state index in [2.05, 4.69) is 6.92 Å². The molecule has 0 spiro atoms. The van der Waals surface area contributed by atoms with E-state index in [1.807, 2.05) is 4.90 Å². The van der Waals surface area contributed by atoms with Gasteiger partial charge in [-0.25, -0.2) is 8.42 Å². The fourth-order valence-corrected chi connectivity index (χ4v) is 5.86. The van der Waals surface area contributed by atoms with Crippen molar-refractivity contribution in [3.8, 4) is 5.75 Å². The predicted molar refractivity (Wildman–Crippen MR) is 109 cm³/mol. The lowest BCUT2D eigenvalue weighted by Crippen LogP contribution is -2.48. The molecule has 0 bridgehead atoms. The third-order valence-corrected chi connectivity index (χ3v) is 7.77. The number of benzene rings is 1. The first kappa shape index (κ1) is 21.4. The maximum atomic E-state index is 13.3. The van der Waals surface area contributed by atoms with Gasteiger partial charge in [-0.3, -0.25) is 4.79 Å². The average molecular weight is 429 g/mol. The fraction of sp³-hybridized carbons (Fsp3) is 0.650. The van der Waals surface area contributed by atoms with E-state index in [0.29, 0.717) is 36.3 Å². The largest absolute Gasteiger partial charge is 0.492 e. The highest BCUT2D eigenvalue weighted by atomic mass is 35.5. The van der Waals surface area contributed by atoms with Gasteiger partial charge >= 0.3 is 0 Å². The van der Waals surface area contributed by atoms with Crippen LogP contribution in [0.5, 0.6) is 5.75 Å². The average Bonchev–Trinajstić information content (AvgIpc) is 2.69. The molecule has 0 aromatic heterocycles. The molecule has 0 saturated carbocycles. The fourth-order valence-electron chi connectivity index (χ4n) is 3.95. The second kappa shape index (κ2) is 9.01. The van der Waals surface area contributed by atoms with E-state index in [1.165, 1.54) is 10.4 Å². The summed E-state index contributed by atoms with van der Waals surface area (Å²) in [6.07, 6.45) is 3.43. The Hall–Kier alpha value is -1.31. The van der Waals surface area contributed by atoms with Crippen LogP contribution in [0.1, 0.15) is 39.5 Å². The molecule has 6 nitrogen and oxygen atoms in total. The molecule has 156 valence electrons. The number of hydrogen-bond donors (Lipinski definition) is 0. The Labute approximate surface area is 172 Å². The van der Waals surface area contributed by atoms with Gasteiger partial charge in [0.05, 0.1) is 12.5 Å². The second-order valence-electron chi connectivity index (χ2n) is 7.73. The molecule has 3 rings (SSSR count). The summed E-state index contributed by atoms with van der Waals surface area (Å²) in [6.45, 7) is 6.53. The molecule has 8 heteroatoms. The second-order valence-corrected chi connectivity index (χ2v) is 10.1. The van der Waals surface area contributed by atoms with Crippen LogP contribution in [0.3, 0.4) is 0 Å². The summed E-state index contributed by atoms with van der Waals surface area (Å²) in [6, 6.07) is 4.63. The Morgan fingerprint density at radius 1 is 1.21 bits per heavy atom. The van der Waals surface area contributed by atoms with Gasteiger partial charge < -0.3 is 9.64 Å². The molecule has 2 heterocycles. The molecule has 0 aliphatic carbocycles. The van der Waals surface area contributed by atoms with Crippen LogP contribution in [0.15, 0.2) is 23.1 Å². The summed E-state index contributed by atoms with van der Waals surface area (Å²) in [5.41, 5.74) is 0. The van der Waals surface area contributed by atoms with E-state index in [-0.39, 0.29) is 23.3 Å². The Balaban J connectivity index is 1.78. The molecule has 1 atom stereocenters. The molecule has 1 amide bonds. The van der Waals surface area contributed by atoms with Crippen molar-refractivity contribution in [3.05, 3.63) is 23.2 Å². The van der Waals surface area contributed by atoms with Crippen molar-refractivity contribution in [3.63, 3.8) is 0 Å². The van der Waals surface area contributed by atoms with Gasteiger partial charge in [-0.05, 0) is 56.7 Å². The lowest BCUT2D eigenvalue weighted by Gasteiger charge is -2.37. The number of carbonyl (C=O) groups excluding carboxylic acids is 1. The zero-order valence-electron chi connectivity index (χ0n) is 16.6. The smallest absolute Gasteiger partial charge is 0.246 e. The van der Waals surface area contributed by atoms with Crippen LogP contribution in [-0.2, 0) is 14.8 Å². The molecule has 2 fully saturated rings. The predicted octanol–water partition coefficient (Wildman–Crippen LogP) is 3.40. The molecule has 28 heavy (non-hydrogen) atoms. The number of rotatable bonds is 5. The number of nitrogens with zero attached hydrogens (tertiary/aromatic N) is 2. The third-order valence-electron chi connectivity index (χ3n) is 5.65. The van der Waals surface area contributed by atoms with Crippen LogP contribution in [0.4, 0.5) is 0 Å². The van der Waals surface area contributed by atoms with Gasteiger partial charge in [0.1, 0.15) is 10.6 Å². The van der Waals surface area contributed by atoms with Crippen molar-refractivity contribution < 1.29 is 17.9 Å². The molecule has 0 N–H and O–H groups in total. The molecular weight excluding hydrogens is 400 g/mol. The number of amides is 1. The van der Waals surface area contributed by atoms with Crippen molar-refractivity contribution in [1.82, 2.24) is 9.21 Å². The monoisotopic (exact) mass is 428 g/mol. The van der Waals surface area contributed by atoms with Gasteiger partial charge in [-0.15, -0.1) is 0 Å². The highest BCUT2D eigenvalue weighted by Crippen LogP contribution is 2.33. The van der Waals surface area contributed by atoms with Crippen molar-refractivity contribution in [1.29, 1.82) is 0 Å². The summed E-state index contributed by atoms with van der Waals surface area (Å²) >= 11 is 6.06. The van der Waals surface area contributed by atoms with E-state index >= 15 is 0 Å². The standard InChI is InChI=1S/C20H29ClN2O4S/c1-3-27-18-7-6-17(21)13-19(18)28(25,26)23-10-4-5-16(14-23)20(24)22-11-8-15(2)9-12-22/h6-7,13,15-16H,3-5,8-12,14H2,1-2H3/t16-/m0/s1. The molecule has 2 saturated heterocycles. The van der Waals surface area contributed by atoms with E-state index in [1.54, 1.807) is 19.1 Å². The molecular formula is C20H29ClN2O4S. The molecule has 2 aliphatic heterocycles. The normalized spacial score (nSPS) is 22.2. The Kier molecular flexibility index (Phi) is 6.89. The molecule has 1 aromatic carbocycles. The molecule has 0 radical (unpaired) electrons. The zero-order valence-corrected chi connectivity index (χ0v) is 18.1. The number of piperidine rings is 2. The van der Waals surface area contributed by atoms with Crippen LogP contribution >= 0.6 is 11.6 Å². The minimum absolute atomic E-state index is 0.0711. The first-order valence-corrected chi connectivity index (χ1v) is 11.9. The number of likely N-dealkylation sites (tertiary alicyclic amines) is 1. The summed E-state index contributed by atoms with van der Waals surface area (Å²) in [5.74, 6) is 0.743. The van der Waals surface area contributed by atoms with E-state index in [0.717, 1.165) is 32.4 Å². The summed E-state index contributed by atoms with van der Waals surface area (Å²) in [5, 5.41) is 0.342. The Bertz CT molecular complexity index is 806.